The van der Waals surface area contributed by atoms with Gasteiger partial charge in [0.1, 0.15) is 5.52 Å². The number of thioether (sulfide) groups is 1. The molecule has 0 bridgehead atoms. The van der Waals surface area contributed by atoms with Gasteiger partial charge in [-0.1, -0.05) is 40.7 Å². The number of benzene rings is 2. The third-order valence-corrected chi connectivity index (χ3v) is 5.40. The molecule has 0 saturated carbocycles. The Morgan fingerprint density at radius 2 is 1.87 bits per heavy atom. The molecule has 4 rings (SSSR count). The monoisotopic (exact) mass is 422 g/mol. The number of fused-ring (bicyclic) bond motifs is 1. The van der Waals surface area contributed by atoms with E-state index >= 15 is 0 Å². The molecular formula is C22H22N4O3S. The van der Waals surface area contributed by atoms with E-state index in [1.807, 2.05) is 57.2 Å². The van der Waals surface area contributed by atoms with Crippen molar-refractivity contribution in [2.45, 2.75) is 44.6 Å². The predicted molar refractivity (Wildman–Crippen MR) is 115 cm³/mol. The summed E-state index contributed by atoms with van der Waals surface area (Å²) >= 11 is 1.41. The zero-order chi connectivity index (χ0) is 21.1. The molecule has 1 N–H and O–H groups in total. The summed E-state index contributed by atoms with van der Waals surface area (Å²) in [5.74, 6) is 1.37. The number of hydrogen-bond acceptors (Lipinski definition) is 7. The van der Waals surface area contributed by atoms with Gasteiger partial charge in [0, 0.05) is 18.5 Å². The number of hydrogen-bond donors (Lipinski definition) is 1. The fourth-order valence-corrected chi connectivity index (χ4v) is 3.72. The van der Waals surface area contributed by atoms with Crippen LogP contribution in [0, 0.1) is 20.8 Å². The fourth-order valence-electron chi connectivity index (χ4n) is 3.04. The first-order valence-electron chi connectivity index (χ1n) is 9.65. The van der Waals surface area contributed by atoms with Crippen molar-refractivity contribution in [3.05, 3.63) is 64.8 Å². The summed E-state index contributed by atoms with van der Waals surface area (Å²) in [5.41, 5.74) is 5.75. The lowest BCUT2D eigenvalue weighted by atomic mass is 10.1. The molecule has 0 saturated heterocycles. The van der Waals surface area contributed by atoms with Crippen LogP contribution >= 0.6 is 11.8 Å². The molecule has 0 aliphatic carbocycles. The predicted octanol–water partition coefficient (Wildman–Crippen LogP) is 5.00. The molecule has 8 heteroatoms. The van der Waals surface area contributed by atoms with Crippen LogP contribution in [0.5, 0.6) is 0 Å². The summed E-state index contributed by atoms with van der Waals surface area (Å²) < 4.78 is 11.0. The van der Waals surface area contributed by atoms with E-state index in [0.29, 0.717) is 29.1 Å². The van der Waals surface area contributed by atoms with Crippen molar-refractivity contribution in [2.75, 3.05) is 5.32 Å². The third kappa shape index (κ3) is 4.88. The second-order valence-electron chi connectivity index (χ2n) is 7.21. The minimum Gasteiger partial charge on any atom is -0.431 e. The summed E-state index contributed by atoms with van der Waals surface area (Å²) in [4.78, 5) is 21.0. The van der Waals surface area contributed by atoms with Gasteiger partial charge in [0.15, 0.2) is 11.4 Å². The molecule has 30 heavy (non-hydrogen) atoms. The minimum atomic E-state index is -0.0853. The maximum Gasteiger partial charge on any atom is 0.257 e. The Morgan fingerprint density at radius 3 is 2.70 bits per heavy atom. The molecule has 0 aliphatic rings. The average Bonchev–Trinajstić information content (AvgIpc) is 3.33. The smallest absolute Gasteiger partial charge is 0.257 e. The molecule has 0 unspecified atom stereocenters. The minimum absolute atomic E-state index is 0.0853. The van der Waals surface area contributed by atoms with E-state index in [9.17, 15) is 4.79 Å². The summed E-state index contributed by atoms with van der Waals surface area (Å²) in [6.07, 6.45) is 0.656. The van der Waals surface area contributed by atoms with E-state index in [2.05, 4.69) is 20.4 Å². The quantitative estimate of drug-likeness (QED) is 0.419. The van der Waals surface area contributed by atoms with Crippen molar-refractivity contribution in [3.8, 4) is 0 Å². The summed E-state index contributed by atoms with van der Waals surface area (Å²) in [5, 5.41) is 7.47. The van der Waals surface area contributed by atoms with Crippen LogP contribution in [0.15, 0.2) is 50.6 Å². The summed E-state index contributed by atoms with van der Waals surface area (Å²) in [7, 11) is 0. The molecular weight excluding hydrogens is 400 g/mol. The second kappa shape index (κ2) is 8.71. The van der Waals surface area contributed by atoms with Crippen LogP contribution in [0.4, 0.5) is 5.69 Å². The van der Waals surface area contributed by atoms with Crippen LogP contribution in [-0.4, -0.2) is 21.0 Å². The largest absolute Gasteiger partial charge is 0.431 e. The van der Waals surface area contributed by atoms with Crippen LogP contribution in [0.1, 0.15) is 34.8 Å². The Hall–Kier alpha value is -3.13. The van der Waals surface area contributed by atoms with Gasteiger partial charge in [-0.25, -0.2) is 4.98 Å². The van der Waals surface area contributed by atoms with Crippen molar-refractivity contribution < 1.29 is 13.7 Å². The Kier molecular flexibility index (Phi) is 5.85. The molecule has 1 amide bonds. The lowest BCUT2D eigenvalue weighted by molar-refractivity contribution is -0.116. The molecule has 0 radical (unpaired) electrons. The van der Waals surface area contributed by atoms with Gasteiger partial charge in [-0.2, -0.15) is 4.98 Å². The zero-order valence-electron chi connectivity index (χ0n) is 17.1. The summed E-state index contributed by atoms with van der Waals surface area (Å²) in [6, 6.07) is 11.8. The fraction of sp³-hybridized carbons (Fsp3) is 0.273. The van der Waals surface area contributed by atoms with Gasteiger partial charge in [-0.3, -0.25) is 4.79 Å². The second-order valence-corrected chi connectivity index (χ2v) is 8.14. The normalized spacial score (nSPS) is 11.2. The van der Waals surface area contributed by atoms with Crippen LogP contribution in [0.3, 0.4) is 0 Å². The first-order chi connectivity index (χ1) is 14.5. The van der Waals surface area contributed by atoms with Gasteiger partial charge in [-0.15, -0.1) is 0 Å². The molecule has 0 atom stereocenters. The number of anilines is 1. The first kappa shape index (κ1) is 20.2. The van der Waals surface area contributed by atoms with Gasteiger partial charge >= 0.3 is 0 Å². The van der Waals surface area contributed by atoms with Crippen LogP contribution in [0.25, 0.3) is 11.1 Å². The highest BCUT2D eigenvalue weighted by Gasteiger charge is 2.13. The molecule has 2 aromatic carbocycles. The lowest BCUT2D eigenvalue weighted by Crippen LogP contribution is -2.13. The number of nitrogens with one attached hydrogen (secondary N) is 1. The first-order valence-corrected chi connectivity index (χ1v) is 10.6. The van der Waals surface area contributed by atoms with Gasteiger partial charge in [-0.05, 0) is 50.1 Å². The zero-order valence-corrected chi connectivity index (χ0v) is 17.9. The number of aryl methyl sites for hydroxylation is 4. The van der Waals surface area contributed by atoms with Crippen LogP contribution < -0.4 is 5.32 Å². The van der Waals surface area contributed by atoms with Gasteiger partial charge in [0.2, 0.25) is 11.8 Å². The van der Waals surface area contributed by atoms with Crippen molar-refractivity contribution in [1.82, 2.24) is 15.1 Å². The maximum atomic E-state index is 12.2. The molecule has 0 spiro atoms. The molecule has 0 aliphatic heterocycles. The Balaban J connectivity index is 1.28. The lowest BCUT2D eigenvalue weighted by Gasteiger charge is -2.08. The van der Waals surface area contributed by atoms with Gasteiger partial charge < -0.3 is 14.3 Å². The maximum absolute atomic E-state index is 12.2. The molecule has 2 aromatic heterocycles. The third-order valence-electron chi connectivity index (χ3n) is 4.58. The highest BCUT2D eigenvalue weighted by atomic mass is 32.2. The van der Waals surface area contributed by atoms with E-state index in [-0.39, 0.29) is 12.3 Å². The van der Waals surface area contributed by atoms with Gasteiger partial charge in [0.25, 0.3) is 5.22 Å². The molecule has 2 heterocycles. The van der Waals surface area contributed by atoms with Crippen molar-refractivity contribution in [2.24, 2.45) is 0 Å². The highest BCUT2D eigenvalue weighted by Crippen LogP contribution is 2.26. The number of nitrogens with zero attached hydrogens (tertiary/aromatic N) is 3. The molecule has 154 valence electrons. The van der Waals surface area contributed by atoms with E-state index in [1.165, 1.54) is 11.8 Å². The van der Waals surface area contributed by atoms with E-state index < -0.39 is 0 Å². The van der Waals surface area contributed by atoms with Crippen molar-refractivity contribution in [1.29, 1.82) is 0 Å². The summed E-state index contributed by atoms with van der Waals surface area (Å²) in [6.45, 7) is 6.02. The Labute approximate surface area is 178 Å². The standard InChI is InChI=1S/C22H22N4O3S/c1-13-4-6-16(15(3)10-13)23-20(27)8-9-21-25-19(26-29-21)12-30-22-24-17-11-14(2)5-7-18(17)28-22/h4-7,10-11H,8-9,12H2,1-3H3,(H,23,27). The number of amides is 1. The number of carbonyl (C=O) groups is 1. The SMILES string of the molecule is Cc1ccc(NC(=O)CCc2nc(CSc3nc4cc(C)ccc4o3)no2)c(C)c1. The number of carbonyl (C=O) groups excluding carboxylic acids is 1. The highest BCUT2D eigenvalue weighted by molar-refractivity contribution is 7.98. The van der Waals surface area contributed by atoms with Gasteiger partial charge in [0.05, 0.1) is 5.75 Å². The molecule has 7 nitrogen and oxygen atoms in total. The van der Waals surface area contributed by atoms with Crippen LogP contribution in [-0.2, 0) is 17.0 Å². The molecule has 0 fully saturated rings. The van der Waals surface area contributed by atoms with Crippen LogP contribution in [0.2, 0.25) is 0 Å². The molecule has 4 aromatic rings. The van der Waals surface area contributed by atoms with Crippen molar-refractivity contribution >= 4 is 34.5 Å². The number of oxazole rings is 1. The van der Waals surface area contributed by atoms with E-state index in [0.717, 1.165) is 33.5 Å². The van der Waals surface area contributed by atoms with E-state index in [1.54, 1.807) is 0 Å². The van der Waals surface area contributed by atoms with Crippen molar-refractivity contribution in [3.63, 3.8) is 0 Å². The van der Waals surface area contributed by atoms with E-state index in [4.69, 9.17) is 8.94 Å². The Morgan fingerprint density at radius 1 is 1.07 bits per heavy atom. The Bertz CT molecular complexity index is 1200. The number of aromatic nitrogens is 3. The average molecular weight is 423 g/mol. The number of rotatable bonds is 7. The topological polar surface area (TPSA) is 94.1 Å².